The second-order valence-electron chi connectivity index (χ2n) is 4.99. The van der Waals surface area contributed by atoms with Crippen LogP contribution in [0.5, 0.6) is 0 Å². The highest BCUT2D eigenvalue weighted by molar-refractivity contribution is 5.74. The minimum Gasteiger partial charge on any atom is -0.481 e. The molecule has 0 amide bonds. The molecule has 0 aromatic carbocycles. The zero-order valence-corrected chi connectivity index (χ0v) is 8.17. The second kappa shape index (κ2) is 2.47. The fraction of sp³-hybridized carbons (Fsp3) is 0.900. The zero-order valence-electron chi connectivity index (χ0n) is 8.17. The van der Waals surface area contributed by atoms with Gasteiger partial charge >= 0.3 is 5.97 Å². The Morgan fingerprint density at radius 2 is 2.23 bits per heavy atom. The minimum absolute atomic E-state index is 0.0770. The van der Waals surface area contributed by atoms with Crippen LogP contribution in [0.2, 0.25) is 0 Å². The lowest BCUT2D eigenvalue weighted by Crippen LogP contribution is -2.36. The van der Waals surface area contributed by atoms with Gasteiger partial charge in [-0.1, -0.05) is 0 Å². The average Bonchev–Trinajstić information content (AvgIpc) is 2.60. The van der Waals surface area contributed by atoms with Gasteiger partial charge in [-0.3, -0.25) is 4.79 Å². The molecule has 0 bridgehead atoms. The van der Waals surface area contributed by atoms with Gasteiger partial charge in [-0.05, 0) is 38.5 Å². The summed E-state index contributed by atoms with van der Waals surface area (Å²) in [6.45, 7) is 4.81. The first kappa shape index (κ1) is 9.00. The third-order valence-corrected chi connectivity index (χ3v) is 3.36. The average molecular weight is 184 g/mol. The van der Waals surface area contributed by atoms with Crippen molar-refractivity contribution in [2.75, 3.05) is 6.61 Å². The van der Waals surface area contributed by atoms with Crippen LogP contribution in [-0.4, -0.2) is 23.3 Å². The number of hydrogen-bond acceptors (Lipinski definition) is 2. The summed E-state index contributed by atoms with van der Waals surface area (Å²) in [5, 5.41) is 8.90. The number of ether oxygens (including phenoxy) is 1. The fourth-order valence-corrected chi connectivity index (χ4v) is 2.69. The van der Waals surface area contributed by atoms with Crippen LogP contribution in [0.1, 0.15) is 33.1 Å². The Bertz CT molecular complexity index is 247. The molecule has 3 nitrogen and oxygen atoms in total. The SMILES string of the molecule is CC1(C)C[C@]2(CCO1)C[C@H]2C(=O)O. The molecule has 74 valence electrons. The lowest BCUT2D eigenvalue weighted by atomic mass is 9.84. The molecule has 0 radical (unpaired) electrons. The molecule has 1 saturated carbocycles. The third-order valence-electron chi connectivity index (χ3n) is 3.36. The molecule has 2 aliphatic rings. The van der Waals surface area contributed by atoms with E-state index in [2.05, 4.69) is 0 Å². The number of aliphatic carboxylic acids is 1. The molecule has 2 rings (SSSR count). The molecule has 1 heterocycles. The van der Waals surface area contributed by atoms with Gasteiger partial charge in [0.25, 0.3) is 0 Å². The van der Waals surface area contributed by atoms with Gasteiger partial charge in [0.2, 0.25) is 0 Å². The molecule has 1 aliphatic heterocycles. The first-order chi connectivity index (χ1) is 5.95. The lowest BCUT2D eigenvalue weighted by Gasteiger charge is -2.36. The molecule has 0 unspecified atom stereocenters. The van der Waals surface area contributed by atoms with Crippen LogP contribution in [0.15, 0.2) is 0 Å². The quantitative estimate of drug-likeness (QED) is 0.674. The van der Waals surface area contributed by atoms with Crippen LogP contribution in [0.4, 0.5) is 0 Å². The van der Waals surface area contributed by atoms with Crippen molar-refractivity contribution < 1.29 is 14.6 Å². The van der Waals surface area contributed by atoms with Crippen LogP contribution >= 0.6 is 0 Å². The smallest absolute Gasteiger partial charge is 0.307 e. The van der Waals surface area contributed by atoms with Crippen molar-refractivity contribution >= 4 is 5.97 Å². The van der Waals surface area contributed by atoms with Crippen molar-refractivity contribution in [2.45, 2.75) is 38.7 Å². The molecular weight excluding hydrogens is 168 g/mol. The largest absolute Gasteiger partial charge is 0.481 e. The van der Waals surface area contributed by atoms with Crippen LogP contribution in [0.3, 0.4) is 0 Å². The predicted octanol–water partition coefficient (Wildman–Crippen LogP) is 1.67. The lowest BCUT2D eigenvalue weighted by molar-refractivity contribution is -0.141. The van der Waals surface area contributed by atoms with Crippen LogP contribution < -0.4 is 0 Å². The van der Waals surface area contributed by atoms with Gasteiger partial charge in [-0.15, -0.1) is 0 Å². The number of carboxylic acids is 1. The Morgan fingerprint density at radius 3 is 2.69 bits per heavy atom. The normalized spacial score (nSPS) is 41.8. The molecule has 13 heavy (non-hydrogen) atoms. The number of carbonyl (C=O) groups is 1. The third kappa shape index (κ3) is 1.46. The highest BCUT2D eigenvalue weighted by atomic mass is 16.5. The van der Waals surface area contributed by atoms with Gasteiger partial charge in [0.15, 0.2) is 0 Å². The molecule has 2 fully saturated rings. The van der Waals surface area contributed by atoms with Crippen molar-refractivity contribution in [1.29, 1.82) is 0 Å². The molecule has 0 aromatic heterocycles. The highest BCUT2D eigenvalue weighted by Crippen LogP contribution is 2.61. The molecule has 3 heteroatoms. The van der Waals surface area contributed by atoms with Gasteiger partial charge in [0.05, 0.1) is 11.5 Å². The molecule has 1 saturated heterocycles. The van der Waals surface area contributed by atoms with Gasteiger partial charge in [0.1, 0.15) is 0 Å². The summed E-state index contributed by atoms with van der Waals surface area (Å²) < 4.78 is 5.58. The predicted molar refractivity (Wildman–Crippen MR) is 47.4 cm³/mol. The van der Waals surface area contributed by atoms with Crippen molar-refractivity contribution in [1.82, 2.24) is 0 Å². The Balaban J connectivity index is 2.06. The van der Waals surface area contributed by atoms with E-state index in [4.69, 9.17) is 9.84 Å². The van der Waals surface area contributed by atoms with Crippen molar-refractivity contribution in [3.05, 3.63) is 0 Å². The standard InChI is InChI=1S/C10H16O3/c1-9(2)6-10(3-4-13-9)5-7(10)8(11)12/h7H,3-6H2,1-2H3,(H,11,12)/t7-,10-/m0/s1. The van der Waals surface area contributed by atoms with Gasteiger partial charge < -0.3 is 9.84 Å². The summed E-state index contributed by atoms with van der Waals surface area (Å²) in [6.07, 6.45) is 2.68. The van der Waals surface area contributed by atoms with E-state index in [1.165, 1.54) is 0 Å². The monoisotopic (exact) mass is 184 g/mol. The van der Waals surface area contributed by atoms with Gasteiger partial charge in [-0.2, -0.15) is 0 Å². The molecule has 0 aromatic rings. The number of hydrogen-bond donors (Lipinski definition) is 1. The van der Waals surface area contributed by atoms with Gasteiger partial charge in [-0.25, -0.2) is 0 Å². The van der Waals surface area contributed by atoms with Gasteiger partial charge in [0, 0.05) is 6.61 Å². The van der Waals surface area contributed by atoms with E-state index in [1.807, 2.05) is 13.8 Å². The van der Waals surface area contributed by atoms with Crippen molar-refractivity contribution in [3.8, 4) is 0 Å². The summed E-state index contributed by atoms with van der Waals surface area (Å²) in [6, 6.07) is 0. The molecular formula is C10H16O3. The second-order valence-corrected chi connectivity index (χ2v) is 4.99. The summed E-state index contributed by atoms with van der Waals surface area (Å²) in [5.41, 5.74) is -0.0456. The van der Waals surface area contributed by atoms with Crippen molar-refractivity contribution in [3.63, 3.8) is 0 Å². The van der Waals surface area contributed by atoms with E-state index in [0.717, 1.165) is 25.9 Å². The van der Waals surface area contributed by atoms with E-state index in [0.29, 0.717) is 0 Å². The maximum atomic E-state index is 10.8. The van der Waals surface area contributed by atoms with Crippen molar-refractivity contribution in [2.24, 2.45) is 11.3 Å². The number of carboxylic acid groups (broad SMARTS) is 1. The maximum Gasteiger partial charge on any atom is 0.307 e. The number of rotatable bonds is 1. The van der Waals surface area contributed by atoms with E-state index in [9.17, 15) is 4.79 Å². The van der Waals surface area contributed by atoms with Crippen LogP contribution in [-0.2, 0) is 9.53 Å². The maximum absolute atomic E-state index is 10.8. The first-order valence-corrected chi connectivity index (χ1v) is 4.82. The molecule has 2 atom stereocenters. The molecule has 1 N–H and O–H groups in total. The van der Waals surface area contributed by atoms with Crippen LogP contribution in [0.25, 0.3) is 0 Å². The molecule has 1 aliphatic carbocycles. The summed E-state index contributed by atoms with van der Waals surface area (Å²) in [4.78, 5) is 10.8. The summed E-state index contributed by atoms with van der Waals surface area (Å²) in [7, 11) is 0. The zero-order chi connectivity index (χ0) is 9.69. The Hall–Kier alpha value is -0.570. The van der Waals surface area contributed by atoms with E-state index < -0.39 is 5.97 Å². The van der Waals surface area contributed by atoms with E-state index in [1.54, 1.807) is 0 Å². The van der Waals surface area contributed by atoms with E-state index in [-0.39, 0.29) is 16.9 Å². The molecule has 1 spiro atoms. The summed E-state index contributed by atoms with van der Waals surface area (Å²) in [5.74, 6) is -0.728. The Labute approximate surface area is 78.1 Å². The topological polar surface area (TPSA) is 46.5 Å². The fourth-order valence-electron chi connectivity index (χ4n) is 2.69. The minimum atomic E-state index is -0.627. The summed E-state index contributed by atoms with van der Waals surface area (Å²) >= 11 is 0. The first-order valence-electron chi connectivity index (χ1n) is 4.82. The Morgan fingerprint density at radius 1 is 1.54 bits per heavy atom. The Kier molecular flexibility index (Phi) is 1.71. The van der Waals surface area contributed by atoms with Crippen LogP contribution in [0, 0.1) is 11.3 Å². The van der Waals surface area contributed by atoms with E-state index >= 15 is 0 Å². The highest BCUT2D eigenvalue weighted by Gasteiger charge is 2.61.